The van der Waals surface area contributed by atoms with Crippen LogP contribution in [0.1, 0.15) is 28.0 Å². The van der Waals surface area contributed by atoms with E-state index < -0.39 is 0 Å². The number of amides is 1. The summed E-state index contributed by atoms with van der Waals surface area (Å²) in [5.74, 6) is 1.05. The summed E-state index contributed by atoms with van der Waals surface area (Å²) in [6.45, 7) is 11.0. The van der Waals surface area contributed by atoms with E-state index >= 15 is 0 Å². The normalized spacial score (nSPS) is 16.4. The molecule has 1 N–H and O–H groups in total. The minimum absolute atomic E-state index is 0.143. The molecule has 0 spiro atoms. The maximum Gasteiger partial charge on any atom is 0.279 e. The van der Waals surface area contributed by atoms with Crippen LogP contribution in [0.15, 0.2) is 24.4 Å². The fraction of sp³-hybridized carbons (Fsp3) is 0.417. The quantitative estimate of drug-likeness (QED) is 0.607. The zero-order valence-electron chi connectivity index (χ0n) is 20.3. The number of aryl methyl sites for hydroxylation is 2. The Kier molecular flexibility index (Phi) is 5.86. The first-order valence-electron chi connectivity index (χ1n) is 11.6. The number of hydrogen-bond acceptors (Lipinski definition) is 9. The van der Waals surface area contributed by atoms with Crippen molar-refractivity contribution in [2.24, 2.45) is 0 Å². The second kappa shape index (κ2) is 8.84. The second-order valence-electron chi connectivity index (χ2n) is 8.81. The molecule has 10 heteroatoms. The molecule has 34 heavy (non-hydrogen) atoms. The zero-order chi connectivity index (χ0) is 24.0. The molecular formula is C24H30N8OS. The van der Waals surface area contributed by atoms with Crippen LogP contribution in [0.4, 0.5) is 33.8 Å². The predicted molar refractivity (Wildman–Crippen MR) is 138 cm³/mol. The highest BCUT2D eigenvalue weighted by Gasteiger charge is 2.33. The lowest BCUT2D eigenvalue weighted by atomic mass is 10.1. The summed E-state index contributed by atoms with van der Waals surface area (Å²) in [6.07, 6.45) is 1.71. The first-order chi connectivity index (χ1) is 16.4. The molecule has 9 nitrogen and oxygen atoms in total. The van der Waals surface area contributed by atoms with Crippen molar-refractivity contribution in [1.29, 1.82) is 0 Å². The Labute approximate surface area is 204 Å². The summed E-state index contributed by atoms with van der Waals surface area (Å²) in [7, 11) is 3.91. The third kappa shape index (κ3) is 3.97. The van der Waals surface area contributed by atoms with E-state index in [4.69, 9.17) is 4.98 Å². The Bertz CT molecular complexity index is 1230. The lowest BCUT2D eigenvalue weighted by Gasteiger charge is -2.35. The van der Waals surface area contributed by atoms with Crippen LogP contribution in [-0.4, -0.2) is 72.6 Å². The number of likely N-dealkylation sites (N-methyl/N-ethyl adjacent to an activating group) is 1. The monoisotopic (exact) mass is 478 g/mol. The molecule has 1 amide bonds. The summed E-state index contributed by atoms with van der Waals surface area (Å²) < 4.78 is 0. The van der Waals surface area contributed by atoms with Crippen molar-refractivity contribution in [3.63, 3.8) is 0 Å². The van der Waals surface area contributed by atoms with Crippen molar-refractivity contribution in [3.05, 3.63) is 40.7 Å². The van der Waals surface area contributed by atoms with Gasteiger partial charge in [-0.15, -0.1) is 11.3 Å². The van der Waals surface area contributed by atoms with Crippen molar-refractivity contribution >= 4 is 51.1 Å². The number of carbonyl (C=O) groups excluding carboxylic acids is 1. The summed E-state index contributed by atoms with van der Waals surface area (Å²) in [6, 6.07) is 6.39. The molecule has 1 saturated heterocycles. The number of benzene rings is 1. The number of aromatic nitrogens is 3. The van der Waals surface area contributed by atoms with Gasteiger partial charge in [-0.25, -0.2) is 9.97 Å². The zero-order valence-corrected chi connectivity index (χ0v) is 21.1. The van der Waals surface area contributed by atoms with Gasteiger partial charge < -0.3 is 24.9 Å². The van der Waals surface area contributed by atoms with Crippen molar-refractivity contribution in [2.45, 2.75) is 20.8 Å². The van der Waals surface area contributed by atoms with Crippen LogP contribution in [0, 0.1) is 13.8 Å². The topological polar surface area (TPSA) is 80.7 Å². The minimum atomic E-state index is -0.143. The van der Waals surface area contributed by atoms with Gasteiger partial charge in [0.2, 0.25) is 5.95 Å². The summed E-state index contributed by atoms with van der Waals surface area (Å²) >= 11 is 1.51. The number of rotatable bonds is 4. The van der Waals surface area contributed by atoms with E-state index in [1.807, 2.05) is 18.7 Å². The first-order valence-corrected chi connectivity index (χ1v) is 12.4. The van der Waals surface area contributed by atoms with Gasteiger partial charge in [0.1, 0.15) is 10.7 Å². The third-order valence-electron chi connectivity index (χ3n) is 6.45. The van der Waals surface area contributed by atoms with E-state index in [2.05, 4.69) is 57.3 Å². The van der Waals surface area contributed by atoms with Crippen LogP contribution in [0.25, 0.3) is 0 Å². The van der Waals surface area contributed by atoms with E-state index in [1.54, 1.807) is 18.1 Å². The molecule has 2 aromatic heterocycles. The van der Waals surface area contributed by atoms with Crippen LogP contribution in [-0.2, 0) is 0 Å². The summed E-state index contributed by atoms with van der Waals surface area (Å²) in [4.78, 5) is 35.3. The molecule has 5 rings (SSSR count). The van der Waals surface area contributed by atoms with Crippen molar-refractivity contribution in [1.82, 2.24) is 19.9 Å². The van der Waals surface area contributed by atoms with Gasteiger partial charge in [0, 0.05) is 51.1 Å². The summed E-state index contributed by atoms with van der Waals surface area (Å²) in [5, 5.41) is 5.05. The van der Waals surface area contributed by atoms with Crippen molar-refractivity contribution < 1.29 is 4.79 Å². The van der Waals surface area contributed by atoms with Gasteiger partial charge >= 0.3 is 0 Å². The average Bonchev–Trinajstić information content (AvgIpc) is 3.18. The van der Waals surface area contributed by atoms with Gasteiger partial charge in [0.15, 0.2) is 11.5 Å². The Morgan fingerprint density at radius 2 is 1.82 bits per heavy atom. The van der Waals surface area contributed by atoms with Crippen LogP contribution < -0.4 is 20.0 Å². The molecule has 1 fully saturated rings. The highest BCUT2D eigenvalue weighted by Crippen LogP contribution is 2.41. The lowest BCUT2D eigenvalue weighted by Crippen LogP contribution is -2.44. The summed E-state index contributed by atoms with van der Waals surface area (Å²) in [5.41, 5.74) is 4.56. The first kappa shape index (κ1) is 22.5. The number of thiazole rings is 1. The van der Waals surface area contributed by atoms with E-state index in [0.717, 1.165) is 41.9 Å². The highest BCUT2D eigenvalue weighted by atomic mass is 32.1. The van der Waals surface area contributed by atoms with Crippen LogP contribution in [0.2, 0.25) is 0 Å². The number of piperazine rings is 1. The molecule has 1 aromatic carbocycles. The smallest absolute Gasteiger partial charge is 0.279 e. The van der Waals surface area contributed by atoms with E-state index in [1.165, 1.54) is 22.6 Å². The van der Waals surface area contributed by atoms with Crippen molar-refractivity contribution in [2.75, 3.05) is 66.8 Å². The SMILES string of the molecule is CCN1c2nc(Nc3ccc(N4CCN(C)CC4)c(C)c3)ncc2N(C)C(=O)c2nc(C)sc21. The molecule has 4 heterocycles. The Hall–Kier alpha value is -3.24. The Morgan fingerprint density at radius 1 is 1.06 bits per heavy atom. The number of anilines is 6. The fourth-order valence-electron chi connectivity index (χ4n) is 4.52. The largest absolute Gasteiger partial charge is 0.369 e. The molecule has 2 aliphatic rings. The number of hydrogen-bond donors (Lipinski definition) is 1. The van der Waals surface area contributed by atoms with E-state index in [0.29, 0.717) is 29.7 Å². The van der Waals surface area contributed by atoms with E-state index in [9.17, 15) is 4.79 Å². The highest BCUT2D eigenvalue weighted by molar-refractivity contribution is 7.16. The molecule has 0 unspecified atom stereocenters. The minimum Gasteiger partial charge on any atom is -0.369 e. The van der Waals surface area contributed by atoms with Crippen LogP contribution >= 0.6 is 11.3 Å². The average molecular weight is 479 g/mol. The van der Waals surface area contributed by atoms with Gasteiger partial charge in [0.05, 0.1) is 11.2 Å². The van der Waals surface area contributed by atoms with Crippen LogP contribution in [0.5, 0.6) is 0 Å². The molecule has 178 valence electrons. The van der Waals surface area contributed by atoms with Gasteiger partial charge in [-0.1, -0.05) is 0 Å². The molecule has 0 radical (unpaired) electrons. The fourth-order valence-corrected chi connectivity index (χ4v) is 5.49. The maximum atomic E-state index is 13.0. The van der Waals surface area contributed by atoms with Gasteiger partial charge in [-0.05, 0) is 51.6 Å². The van der Waals surface area contributed by atoms with Crippen molar-refractivity contribution in [3.8, 4) is 0 Å². The standard InChI is InChI=1S/C24H30N8OS/c1-6-32-21-19(30(5)22(33)20-23(32)34-16(3)26-20)14-25-24(28-21)27-17-7-8-18(15(2)13-17)31-11-9-29(4)10-12-31/h7-8,13-14H,6,9-12H2,1-5H3,(H,25,27,28). The van der Waals surface area contributed by atoms with Gasteiger partial charge in [-0.2, -0.15) is 4.98 Å². The maximum absolute atomic E-state index is 13.0. The van der Waals surface area contributed by atoms with E-state index in [-0.39, 0.29) is 5.91 Å². The van der Waals surface area contributed by atoms with Gasteiger partial charge in [0.25, 0.3) is 5.91 Å². The third-order valence-corrected chi connectivity index (χ3v) is 7.44. The Morgan fingerprint density at radius 3 is 2.53 bits per heavy atom. The van der Waals surface area contributed by atoms with Gasteiger partial charge in [-0.3, -0.25) is 4.79 Å². The lowest BCUT2D eigenvalue weighted by molar-refractivity contribution is 0.0990. The molecule has 3 aromatic rings. The molecule has 2 aliphatic heterocycles. The number of nitrogens with zero attached hydrogens (tertiary/aromatic N) is 7. The number of fused-ring (bicyclic) bond motifs is 2. The second-order valence-corrected chi connectivity index (χ2v) is 10.00. The Balaban J connectivity index is 1.44. The number of nitrogens with one attached hydrogen (secondary N) is 1. The number of carbonyl (C=O) groups is 1. The van der Waals surface area contributed by atoms with Crippen LogP contribution in [0.3, 0.4) is 0 Å². The molecule has 0 aliphatic carbocycles. The predicted octanol–water partition coefficient (Wildman–Crippen LogP) is 3.79. The molecule has 0 atom stereocenters. The molecule has 0 saturated carbocycles. The molecular weight excluding hydrogens is 448 g/mol. The molecule has 0 bridgehead atoms.